The largest absolute Gasteiger partial charge is 0.469 e. The molecule has 8 nitrogen and oxygen atoms in total. The van der Waals surface area contributed by atoms with E-state index in [-0.39, 0.29) is 42.3 Å². The van der Waals surface area contributed by atoms with E-state index in [1.54, 1.807) is 12.1 Å². The quantitative estimate of drug-likeness (QED) is 0.242. The average Bonchev–Trinajstić information content (AvgIpc) is 3.58. The zero-order valence-corrected chi connectivity index (χ0v) is 26.3. The van der Waals surface area contributed by atoms with Crippen molar-refractivity contribution in [3.63, 3.8) is 0 Å². The van der Waals surface area contributed by atoms with Gasteiger partial charge in [0.2, 0.25) is 0 Å². The zero-order valence-electron chi connectivity index (χ0n) is 25.5. The second-order valence-corrected chi connectivity index (χ2v) is 14.1. The number of carbonyl (C=O) groups is 1. The third-order valence-electron chi connectivity index (χ3n) is 9.90. The van der Waals surface area contributed by atoms with Crippen LogP contribution in [0.3, 0.4) is 0 Å². The fraction of sp³-hybridized carbons (Fsp3) is 0.429. The number of hydrogen-bond donors (Lipinski definition) is 1. The maximum Gasteiger partial charge on any atom is 0.314 e. The second kappa shape index (κ2) is 11.9. The molecule has 5 unspecified atom stereocenters. The Morgan fingerprint density at radius 1 is 1.07 bits per heavy atom. The van der Waals surface area contributed by atoms with Gasteiger partial charge in [-0.2, -0.15) is 8.42 Å². The van der Waals surface area contributed by atoms with Crippen LogP contribution in [0.15, 0.2) is 88.8 Å². The number of carbonyl (C=O) groups excluding carboxylic acids is 1. The first-order valence-corrected chi connectivity index (χ1v) is 16.7. The lowest BCUT2D eigenvalue weighted by atomic mass is 9.57. The standard InChI is InChI=1S/C35H40N2O6S/c1-4-34(39,23-43-44(40,41)27-16-14-24(2)15-17-27)21-26-20-28(33(38)42-3)31-35(29-12-8-9-13-30(29)36-31)18-19-37(32(26)35)22-25-10-6-5-7-11-25/h5-17,26,28,32,39H,4,18-23H2,1-3H3. The molecule has 3 aromatic carbocycles. The van der Waals surface area contributed by atoms with Gasteiger partial charge in [0.05, 0.1) is 41.2 Å². The molecule has 1 aliphatic carbocycles. The number of likely N-dealkylation sites (tertiary alicyclic amines) is 1. The van der Waals surface area contributed by atoms with Crippen LogP contribution in [-0.2, 0) is 35.8 Å². The number of para-hydroxylation sites is 1. The summed E-state index contributed by atoms with van der Waals surface area (Å²) in [5.74, 6) is -1.08. The first kappa shape index (κ1) is 30.6. The van der Waals surface area contributed by atoms with Gasteiger partial charge in [0, 0.05) is 24.8 Å². The van der Waals surface area contributed by atoms with Gasteiger partial charge in [0.15, 0.2) is 0 Å². The molecule has 5 atom stereocenters. The van der Waals surface area contributed by atoms with E-state index in [0.29, 0.717) is 13.0 Å². The molecule has 3 aliphatic rings. The summed E-state index contributed by atoms with van der Waals surface area (Å²) in [6.07, 6.45) is 1.76. The Morgan fingerprint density at radius 3 is 2.48 bits per heavy atom. The first-order chi connectivity index (χ1) is 21.1. The number of methoxy groups -OCH3 is 1. The van der Waals surface area contributed by atoms with Crippen LogP contribution in [0.25, 0.3) is 0 Å². The van der Waals surface area contributed by atoms with E-state index in [0.717, 1.165) is 35.5 Å². The number of hydrogen-bond acceptors (Lipinski definition) is 8. The van der Waals surface area contributed by atoms with E-state index in [1.165, 1.54) is 24.8 Å². The maximum absolute atomic E-state index is 13.4. The molecule has 0 amide bonds. The minimum atomic E-state index is -4.08. The molecule has 44 heavy (non-hydrogen) atoms. The van der Waals surface area contributed by atoms with Crippen LogP contribution < -0.4 is 0 Å². The Balaban J connectivity index is 1.37. The van der Waals surface area contributed by atoms with Crippen LogP contribution in [0, 0.1) is 18.8 Å². The highest BCUT2D eigenvalue weighted by molar-refractivity contribution is 7.86. The Hall–Kier alpha value is -3.37. The number of nitrogens with zero attached hydrogens (tertiary/aromatic N) is 2. The summed E-state index contributed by atoms with van der Waals surface area (Å²) in [4.78, 5) is 21.0. The highest BCUT2D eigenvalue weighted by atomic mass is 32.2. The van der Waals surface area contributed by atoms with Crippen molar-refractivity contribution in [3.8, 4) is 0 Å². The zero-order chi connectivity index (χ0) is 31.1. The fourth-order valence-corrected chi connectivity index (χ4v) is 8.71. The summed E-state index contributed by atoms with van der Waals surface area (Å²) >= 11 is 0. The summed E-state index contributed by atoms with van der Waals surface area (Å²) < 4.78 is 37.0. The Kier molecular flexibility index (Phi) is 8.26. The van der Waals surface area contributed by atoms with Crippen LogP contribution in [0.1, 0.15) is 49.3 Å². The maximum atomic E-state index is 13.4. The molecule has 2 aliphatic heterocycles. The molecular formula is C35H40N2O6S. The van der Waals surface area contributed by atoms with E-state index in [1.807, 2.05) is 50.2 Å². The van der Waals surface area contributed by atoms with Crippen LogP contribution in [0.2, 0.25) is 0 Å². The smallest absolute Gasteiger partial charge is 0.314 e. The number of benzene rings is 3. The summed E-state index contributed by atoms with van der Waals surface area (Å²) in [5, 5.41) is 12.0. The lowest BCUT2D eigenvalue weighted by Crippen LogP contribution is -2.59. The number of aliphatic imine (C=N–C) groups is 1. The third-order valence-corrected chi connectivity index (χ3v) is 11.2. The highest BCUT2D eigenvalue weighted by Crippen LogP contribution is 2.58. The molecule has 2 fully saturated rings. The minimum Gasteiger partial charge on any atom is -0.469 e. The molecular weight excluding hydrogens is 576 g/mol. The van der Waals surface area contributed by atoms with Crippen LogP contribution in [-0.4, -0.2) is 62.0 Å². The number of aliphatic hydroxyl groups is 1. The van der Waals surface area contributed by atoms with E-state index in [2.05, 4.69) is 23.1 Å². The number of aryl methyl sites for hydroxylation is 1. The van der Waals surface area contributed by atoms with Gasteiger partial charge in [-0.3, -0.25) is 18.9 Å². The molecule has 3 aromatic rings. The summed E-state index contributed by atoms with van der Waals surface area (Å²) in [7, 11) is -2.67. The molecule has 6 rings (SSSR count). The normalized spacial score (nSPS) is 25.8. The molecule has 1 saturated heterocycles. The highest BCUT2D eigenvalue weighted by Gasteiger charge is 2.63. The van der Waals surface area contributed by atoms with Gasteiger partial charge in [-0.25, -0.2) is 0 Å². The van der Waals surface area contributed by atoms with E-state index in [4.69, 9.17) is 13.9 Å². The average molecular weight is 617 g/mol. The molecule has 232 valence electrons. The topological polar surface area (TPSA) is 106 Å². The van der Waals surface area contributed by atoms with Crippen molar-refractivity contribution in [2.45, 2.75) is 68.0 Å². The van der Waals surface area contributed by atoms with Gasteiger partial charge in [-0.05, 0) is 67.9 Å². The van der Waals surface area contributed by atoms with Gasteiger partial charge in [0.25, 0.3) is 10.1 Å². The molecule has 0 aromatic heterocycles. The molecule has 2 heterocycles. The molecule has 0 bridgehead atoms. The van der Waals surface area contributed by atoms with Crippen molar-refractivity contribution in [2.24, 2.45) is 16.8 Å². The van der Waals surface area contributed by atoms with Crippen molar-refractivity contribution >= 4 is 27.5 Å². The fourth-order valence-electron chi connectivity index (χ4n) is 7.73. The summed E-state index contributed by atoms with van der Waals surface area (Å²) in [5.41, 5.74) is 2.99. The minimum absolute atomic E-state index is 0.0529. The van der Waals surface area contributed by atoms with Gasteiger partial charge in [-0.15, -0.1) is 0 Å². The molecule has 0 radical (unpaired) electrons. The lowest BCUT2D eigenvalue weighted by Gasteiger charge is -2.49. The van der Waals surface area contributed by atoms with Gasteiger partial charge in [-0.1, -0.05) is 73.2 Å². The third kappa shape index (κ3) is 5.40. The number of ether oxygens (including phenoxy) is 1. The molecule has 9 heteroatoms. The van der Waals surface area contributed by atoms with Crippen molar-refractivity contribution in [3.05, 3.63) is 95.6 Å². The Bertz CT molecular complexity index is 1660. The summed E-state index contributed by atoms with van der Waals surface area (Å²) in [6.45, 7) is 4.85. The first-order valence-electron chi connectivity index (χ1n) is 15.3. The summed E-state index contributed by atoms with van der Waals surface area (Å²) in [6, 6.07) is 24.8. The van der Waals surface area contributed by atoms with Crippen molar-refractivity contribution in [1.29, 1.82) is 0 Å². The van der Waals surface area contributed by atoms with Crippen molar-refractivity contribution < 1.29 is 27.2 Å². The Morgan fingerprint density at radius 2 is 1.77 bits per heavy atom. The molecule has 1 saturated carbocycles. The predicted molar refractivity (Wildman–Crippen MR) is 168 cm³/mol. The monoisotopic (exact) mass is 616 g/mol. The van der Waals surface area contributed by atoms with Crippen LogP contribution >= 0.6 is 0 Å². The molecule has 1 spiro atoms. The lowest BCUT2D eigenvalue weighted by molar-refractivity contribution is -0.144. The van der Waals surface area contributed by atoms with E-state index in [9.17, 15) is 18.3 Å². The van der Waals surface area contributed by atoms with Gasteiger partial charge >= 0.3 is 5.97 Å². The van der Waals surface area contributed by atoms with Crippen molar-refractivity contribution in [1.82, 2.24) is 4.90 Å². The van der Waals surface area contributed by atoms with Crippen molar-refractivity contribution in [2.75, 3.05) is 20.3 Å². The predicted octanol–water partition coefficient (Wildman–Crippen LogP) is 5.34. The SMILES string of the molecule is CCC(O)(COS(=O)(=O)c1ccc(C)cc1)CC1CC(C(=O)OC)C2=Nc3ccccc3C23CCN(Cc2ccccc2)C13. The van der Waals surface area contributed by atoms with E-state index >= 15 is 0 Å². The Labute approximate surface area is 259 Å². The molecule has 1 N–H and O–H groups in total. The van der Waals surface area contributed by atoms with Gasteiger partial charge < -0.3 is 9.84 Å². The van der Waals surface area contributed by atoms with E-state index < -0.39 is 27.1 Å². The second-order valence-electron chi connectivity index (χ2n) is 12.5. The van der Waals surface area contributed by atoms with Crippen LogP contribution in [0.5, 0.6) is 0 Å². The number of fused-ring (bicyclic) bond motifs is 1. The number of rotatable bonds is 10. The van der Waals surface area contributed by atoms with Crippen LogP contribution in [0.4, 0.5) is 5.69 Å². The van der Waals surface area contributed by atoms with Gasteiger partial charge in [0.1, 0.15) is 0 Å². The number of esters is 1.